The second-order valence-electron chi connectivity index (χ2n) is 2.41. The van der Waals surface area contributed by atoms with Gasteiger partial charge in [-0.15, -0.1) is 0 Å². The van der Waals surface area contributed by atoms with Crippen LogP contribution < -0.4 is 10.6 Å². The van der Waals surface area contributed by atoms with Crippen LogP contribution in [0.4, 0.5) is 13.6 Å². The molecule has 1 aliphatic heterocycles. The van der Waals surface area contributed by atoms with Crippen molar-refractivity contribution in [2.45, 2.75) is 18.9 Å². The number of hydrogen-bond donors (Lipinski definition) is 2. The van der Waals surface area contributed by atoms with Crippen molar-refractivity contribution in [3.05, 3.63) is 0 Å². The lowest BCUT2D eigenvalue weighted by molar-refractivity contribution is -0.128. The van der Waals surface area contributed by atoms with E-state index in [-0.39, 0.29) is 0 Å². The van der Waals surface area contributed by atoms with Crippen LogP contribution in [-0.2, 0) is 4.79 Å². The highest BCUT2D eigenvalue weighted by Crippen LogP contribution is 2.18. The molecule has 1 heterocycles. The van der Waals surface area contributed by atoms with Crippen molar-refractivity contribution >= 4 is 11.9 Å². The summed E-state index contributed by atoms with van der Waals surface area (Å²) in [5.41, 5.74) is -2.06. The van der Waals surface area contributed by atoms with Crippen LogP contribution >= 0.6 is 0 Å². The highest BCUT2D eigenvalue weighted by molar-refractivity contribution is 6.07. The van der Waals surface area contributed by atoms with Crippen molar-refractivity contribution < 1.29 is 18.4 Å². The average Bonchev–Trinajstić information content (AvgIpc) is 2.08. The van der Waals surface area contributed by atoms with Crippen LogP contribution in [0.25, 0.3) is 0 Å². The van der Waals surface area contributed by atoms with Gasteiger partial charge in [-0.2, -0.15) is 0 Å². The number of imide groups is 1. The first-order valence-electron chi connectivity index (χ1n) is 2.88. The van der Waals surface area contributed by atoms with Gasteiger partial charge in [-0.05, 0) is 6.92 Å². The molecule has 0 saturated carbocycles. The number of urea groups is 1. The molecule has 0 bridgehead atoms. The van der Waals surface area contributed by atoms with Crippen LogP contribution in [-0.4, -0.2) is 23.9 Å². The van der Waals surface area contributed by atoms with Crippen molar-refractivity contribution in [3.63, 3.8) is 0 Å². The third-order valence-electron chi connectivity index (χ3n) is 1.51. The molecule has 3 amide bonds. The summed E-state index contributed by atoms with van der Waals surface area (Å²) in [5, 5.41) is 3.55. The molecular weight excluding hydrogens is 158 g/mol. The second kappa shape index (κ2) is 2.14. The fraction of sp³-hybridized carbons (Fsp3) is 0.600. The van der Waals surface area contributed by atoms with E-state index < -0.39 is 23.9 Å². The van der Waals surface area contributed by atoms with Gasteiger partial charge >= 0.3 is 6.03 Å². The summed E-state index contributed by atoms with van der Waals surface area (Å²) in [6, 6.07) is -0.877. The van der Waals surface area contributed by atoms with Crippen LogP contribution in [0.1, 0.15) is 6.92 Å². The first kappa shape index (κ1) is 7.90. The standard InChI is InChI=1S/C5H6F2N2O2/c1-5(2(6)7)3(10)8-4(11)9-5/h2H,1H3,(H2,8,9,10,11). The number of hydrogen-bond acceptors (Lipinski definition) is 2. The maximum atomic E-state index is 12.1. The summed E-state index contributed by atoms with van der Waals surface area (Å²) in [6.45, 7) is 0.970. The van der Waals surface area contributed by atoms with Crippen molar-refractivity contribution in [2.75, 3.05) is 0 Å². The molecule has 0 aromatic carbocycles. The minimum Gasteiger partial charge on any atom is -0.319 e. The fourth-order valence-corrected chi connectivity index (χ4v) is 0.710. The third kappa shape index (κ3) is 1.04. The van der Waals surface area contributed by atoms with Gasteiger partial charge in [0.25, 0.3) is 12.3 Å². The maximum Gasteiger partial charge on any atom is 0.322 e. The molecule has 6 heteroatoms. The quantitative estimate of drug-likeness (QED) is 0.529. The topological polar surface area (TPSA) is 58.2 Å². The summed E-state index contributed by atoms with van der Waals surface area (Å²) in [6.07, 6.45) is -2.89. The molecule has 1 aliphatic rings. The van der Waals surface area contributed by atoms with Crippen LogP contribution in [0.3, 0.4) is 0 Å². The fourth-order valence-electron chi connectivity index (χ4n) is 0.710. The number of carbonyl (C=O) groups excluding carboxylic acids is 2. The predicted molar refractivity (Wildman–Crippen MR) is 31.1 cm³/mol. The predicted octanol–water partition coefficient (Wildman–Crippen LogP) is -0.150. The minimum absolute atomic E-state index is 0.877. The van der Waals surface area contributed by atoms with Crippen molar-refractivity contribution in [1.82, 2.24) is 10.6 Å². The number of halogens is 2. The molecule has 1 atom stereocenters. The third-order valence-corrected chi connectivity index (χ3v) is 1.51. The number of alkyl halides is 2. The number of nitrogens with one attached hydrogen (secondary N) is 2. The Morgan fingerprint density at radius 1 is 1.45 bits per heavy atom. The zero-order valence-electron chi connectivity index (χ0n) is 5.65. The van der Waals surface area contributed by atoms with E-state index in [2.05, 4.69) is 0 Å². The molecule has 1 rings (SSSR count). The molecule has 1 fully saturated rings. The molecule has 62 valence electrons. The Bertz CT molecular complexity index is 219. The van der Waals surface area contributed by atoms with Gasteiger partial charge in [-0.25, -0.2) is 13.6 Å². The van der Waals surface area contributed by atoms with E-state index in [4.69, 9.17) is 0 Å². The average molecular weight is 164 g/mol. The van der Waals surface area contributed by atoms with Crippen LogP contribution in [0, 0.1) is 0 Å². The molecular formula is C5H6F2N2O2. The highest BCUT2D eigenvalue weighted by atomic mass is 19.3. The van der Waals surface area contributed by atoms with Crippen molar-refractivity contribution in [2.24, 2.45) is 0 Å². The van der Waals surface area contributed by atoms with E-state index in [1.54, 1.807) is 5.32 Å². The number of amides is 3. The first-order valence-corrected chi connectivity index (χ1v) is 2.88. The SMILES string of the molecule is CC1(C(F)F)NC(=O)NC1=O. The van der Waals surface area contributed by atoms with E-state index in [0.29, 0.717) is 0 Å². The van der Waals surface area contributed by atoms with E-state index in [0.717, 1.165) is 6.92 Å². The van der Waals surface area contributed by atoms with Gasteiger partial charge < -0.3 is 5.32 Å². The highest BCUT2D eigenvalue weighted by Gasteiger charge is 2.49. The summed E-state index contributed by atoms with van der Waals surface area (Å²) in [5.74, 6) is -0.988. The molecule has 0 radical (unpaired) electrons. The normalized spacial score (nSPS) is 30.5. The van der Waals surface area contributed by atoms with Crippen LogP contribution in [0.15, 0.2) is 0 Å². The van der Waals surface area contributed by atoms with Gasteiger partial charge in [0.2, 0.25) is 0 Å². The number of carbonyl (C=O) groups is 2. The van der Waals surface area contributed by atoms with Gasteiger partial charge in [0.05, 0.1) is 0 Å². The monoisotopic (exact) mass is 164 g/mol. The first-order chi connectivity index (χ1) is 4.97. The van der Waals surface area contributed by atoms with E-state index in [1.165, 1.54) is 0 Å². The van der Waals surface area contributed by atoms with E-state index in [9.17, 15) is 18.4 Å². The molecule has 2 N–H and O–H groups in total. The van der Waals surface area contributed by atoms with E-state index >= 15 is 0 Å². The minimum atomic E-state index is -2.89. The Balaban J connectivity index is 2.87. The zero-order chi connectivity index (χ0) is 8.65. The van der Waals surface area contributed by atoms with Gasteiger partial charge in [-0.3, -0.25) is 10.1 Å². The summed E-state index contributed by atoms with van der Waals surface area (Å²) in [7, 11) is 0. The lowest BCUT2D eigenvalue weighted by Gasteiger charge is -2.18. The van der Waals surface area contributed by atoms with Crippen molar-refractivity contribution in [1.29, 1.82) is 0 Å². The Hall–Kier alpha value is -1.20. The van der Waals surface area contributed by atoms with Crippen LogP contribution in [0.5, 0.6) is 0 Å². The molecule has 1 unspecified atom stereocenters. The maximum absolute atomic E-state index is 12.1. The molecule has 4 nitrogen and oxygen atoms in total. The molecule has 0 spiro atoms. The van der Waals surface area contributed by atoms with Gasteiger partial charge in [-0.1, -0.05) is 0 Å². The largest absolute Gasteiger partial charge is 0.322 e. The van der Waals surface area contributed by atoms with Gasteiger partial charge in [0, 0.05) is 0 Å². The Morgan fingerprint density at radius 3 is 2.18 bits per heavy atom. The summed E-state index contributed by atoms with van der Waals surface area (Å²) in [4.78, 5) is 21.1. The van der Waals surface area contributed by atoms with Crippen LogP contribution in [0.2, 0.25) is 0 Å². The molecule has 0 aromatic rings. The zero-order valence-corrected chi connectivity index (χ0v) is 5.65. The molecule has 0 aromatic heterocycles. The van der Waals surface area contributed by atoms with Gasteiger partial charge in [0.1, 0.15) is 0 Å². The van der Waals surface area contributed by atoms with Crippen molar-refractivity contribution in [3.8, 4) is 0 Å². The van der Waals surface area contributed by atoms with Gasteiger partial charge in [0.15, 0.2) is 5.54 Å². The Labute approximate surface area is 60.9 Å². The summed E-state index contributed by atoms with van der Waals surface area (Å²) >= 11 is 0. The smallest absolute Gasteiger partial charge is 0.319 e. The molecule has 1 saturated heterocycles. The molecule has 0 aliphatic carbocycles. The Morgan fingerprint density at radius 2 is 2.00 bits per heavy atom. The lowest BCUT2D eigenvalue weighted by atomic mass is 10.1. The molecule has 11 heavy (non-hydrogen) atoms. The summed E-state index contributed by atoms with van der Waals surface area (Å²) < 4.78 is 24.1. The lowest BCUT2D eigenvalue weighted by Crippen LogP contribution is -2.50. The Kier molecular flexibility index (Phi) is 1.54. The second-order valence-corrected chi connectivity index (χ2v) is 2.41. The van der Waals surface area contributed by atoms with E-state index in [1.807, 2.05) is 5.32 Å². The number of rotatable bonds is 1.